The lowest BCUT2D eigenvalue weighted by Gasteiger charge is -2.58. The minimum absolute atomic E-state index is 0.273. The van der Waals surface area contributed by atoms with Crippen LogP contribution in [-0.2, 0) is 14.2 Å². The Kier molecular flexibility index (Phi) is 10.5. The maximum Gasteiger partial charge on any atom is 0.216 e. The zero-order valence-corrected chi connectivity index (χ0v) is 26.0. The molecule has 5 heteroatoms. The molecule has 37 heavy (non-hydrogen) atoms. The molecule has 4 aliphatic rings. The van der Waals surface area contributed by atoms with Gasteiger partial charge in [-0.15, -0.1) is 0 Å². The summed E-state index contributed by atoms with van der Waals surface area (Å²) >= 11 is 8.75. The number of hydrogen-bond acceptors (Lipinski definition) is 4. The lowest BCUT2D eigenvalue weighted by atomic mass is 9.47. The van der Waals surface area contributed by atoms with Crippen molar-refractivity contribution in [2.24, 2.45) is 46.3 Å². The molecule has 3 saturated carbocycles. The van der Waals surface area contributed by atoms with Crippen LogP contribution in [0.4, 0.5) is 0 Å². The van der Waals surface area contributed by atoms with Crippen LogP contribution in [0.2, 0.25) is 0 Å². The second-order valence-corrected chi connectivity index (χ2v) is 14.8. The molecule has 8 atom stereocenters. The Morgan fingerprint density at radius 2 is 1.78 bits per heavy atom. The Morgan fingerprint density at radius 3 is 2.54 bits per heavy atom. The van der Waals surface area contributed by atoms with E-state index in [0.29, 0.717) is 43.4 Å². The molecular formula is C32H54O3S2. The molecule has 0 saturated heterocycles. The largest absolute Gasteiger partial charge is 0.476 e. The Hall–Kier alpha value is -0.100. The van der Waals surface area contributed by atoms with Gasteiger partial charge in [0, 0.05) is 0 Å². The number of thiocarbonyl (C=S) groups is 1. The second kappa shape index (κ2) is 13.0. The highest BCUT2D eigenvalue weighted by Crippen LogP contribution is 2.67. The zero-order valence-electron chi connectivity index (χ0n) is 24.3. The van der Waals surface area contributed by atoms with Crippen molar-refractivity contribution in [3.05, 3.63) is 11.6 Å². The van der Waals surface area contributed by atoms with Gasteiger partial charge in [-0.3, -0.25) is 0 Å². The van der Waals surface area contributed by atoms with Crippen LogP contribution in [0, 0.1) is 46.3 Å². The molecule has 0 unspecified atom stereocenters. The van der Waals surface area contributed by atoms with Gasteiger partial charge in [0.25, 0.3) is 0 Å². The third-order valence-corrected chi connectivity index (χ3v) is 11.5. The standard InChI is InChI=1S/C32H54O3S2/c1-22(2)7-6-8-23(3)27-11-12-28-26-10-9-24-21-25(34-19-17-33-18-20-35-30(36)37)13-15-31(24,4)29(26)14-16-32(27,28)5/h9,22-23,25-29H,6-8,10-21H2,1-5H3,(H,36,37)/t23-,25+,26+,27-,28+,29+,31+,32-/m1/s1. The number of rotatable bonds is 12. The van der Waals surface area contributed by atoms with Crippen LogP contribution in [0.1, 0.15) is 105 Å². The lowest BCUT2D eigenvalue weighted by molar-refractivity contribution is -0.0682. The van der Waals surface area contributed by atoms with Gasteiger partial charge in [-0.1, -0.05) is 78.2 Å². The quantitative estimate of drug-likeness (QED) is 0.114. The highest BCUT2D eigenvalue weighted by atomic mass is 32.1. The molecule has 3 fully saturated rings. The fourth-order valence-electron chi connectivity index (χ4n) is 9.36. The molecule has 0 radical (unpaired) electrons. The van der Waals surface area contributed by atoms with Crippen LogP contribution in [0.15, 0.2) is 11.6 Å². The van der Waals surface area contributed by atoms with Gasteiger partial charge in [0.1, 0.15) is 6.61 Å². The van der Waals surface area contributed by atoms with Gasteiger partial charge in [0.05, 0.1) is 25.9 Å². The van der Waals surface area contributed by atoms with Gasteiger partial charge in [-0.2, -0.15) is 0 Å². The fourth-order valence-corrected chi connectivity index (χ4v) is 9.53. The average Bonchev–Trinajstić information content (AvgIpc) is 3.20. The lowest BCUT2D eigenvalue weighted by Crippen LogP contribution is -2.51. The number of hydrogen-bond donors (Lipinski definition) is 1. The Labute approximate surface area is 238 Å². The molecule has 0 spiro atoms. The fraction of sp³-hybridized carbons (Fsp3) is 0.906. The van der Waals surface area contributed by atoms with Crippen molar-refractivity contribution in [2.75, 3.05) is 26.4 Å². The molecule has 0 aliphatic heterocycles. The predicted molar refractivity (Wildman–Crippen MR) is 161 cm³/mol. The van der Waals surface area contributed by atoms with E-state index in [1.807, 2.05) is 0 Å². The van der Waals surface area contributed by atoms with E-state index in [9.17, 15) is 0 Å². The molecule has 4 aliphatic carbocycles. The van der Waals surface area contributed by atoms with Crippen molar-refractivity contribution < 1.29 is 14.2 Å². The minimum atomic E-state index is 0.273. The van der Waals surface area contributed by atoms with Crippen molar-refractivity contribution in [1.82, 2.24) is 0 Å². The van der Waals surface area contributed by atoms with E-state index in [1.165, 1.54) is 64.2 Å². The average molecular weight is 551 g/mol. The maximum absolute atomic E-state index is 6.27. The van der Waals surface area contributed by atoms with E-state index in [2.05, 4.69) is 53.3 Å². The summed E-state index contributed by atoms with van der Waals surface area (Å²) in [5.41, 5.74) is 2.68. The third kappa shape index (κ3) is 6.80. The van der Waals surface area contributed by atoms with Crippen LogP contribution in [-0.4, -0.2) is 36.9 Å². The van der Waals surface area contributed by atoms with Crippen molar-refractivity contribution in [1.29, 1.82) is 0 Å². The predicted octanol–water partition coefficient (Wildman–Crippen LogP) is 8.66. The minimum Gasteiger partial charge on any atom is -0.476 e. The van der Waals surface area contributed by atoms with Gasteiger partial charge < -0.3 is 14.2 Å². The first kappa shape index (κ1) is 29.9. The highest BCUT2D eigenvalue weighted by Gasteiger charge is 2.59. The summed E-state index contributed by atoms with van der Waals surface area (Å²) in [6, 6.07) is 0. The molecule has 4 rings (SSSR count). The van der Waals surface area contributed by atoms with E-state index in [1.54, 1.807) is 5.57 Å². The van der Waals surface area contributed by atoms with Crippen molar-refractivity contribution in [3.63, 3.8) is 0 Å². The summed E-state index contributed by atoms with van der Waals surface area (Å²) in [7, 11) is 0. The van der Waals surface area contributed by atoms with Crippen molar-refractivity contribution in [2.45, 2.75) is 111 Å². The molecule has 0 N–H and O–H groups in total. The maximum atomic E-state index is 6.27. The van der Waals surface area contributed by atoms with Gasteiger partial charge in [-0.25, -0.2) is 0 Å². The Balaban J connectivity index is 1.30. The summed E-state index contributed by atoms with van der Waals surface area (Å²) in [5, 5.41) is 0. The van der Waals surface area contributed by atoms with E-state index < -0.39 is 0 Å². The van der Waals surface area contributed by atoms with Gasteiger partial charge >= 0.3 is 0 Å². The Morgan fingerprint density at radius 1 is 1.00 bits per heavy atom. The summed E-state index contributed by atoms with van der Waals surface area (Å²) in [5.74, 6) is 5.39. The first-order valence-electron chi connectivity index (χ1n) is 15.4. The molecule has 0 heterocycles. The normalized spacial score (nSPS) is 37.9. The molecule has 0 aromatic rings. The summed E-state index contributed by atoms with van der Waals surface area (Å²) in [6.07, 6.45) is 18.0. The summed E-state index contributed by atoms with van der Waals surface area (Å²) in [6.45, 7) is 14.9. The van der Waals surface area contributed by atoms with Gasteiger partial charge in [0.2, 0.25) is 4.38 Å². The van der Waals surface area contributed by atoms with E-state index in [0.717, 1.165) is 41.9 Å². The summed E-state index contributed by atoms with van der Waals surface area (Å²) in [4.78, 5) is 0. The van der Waals surface area contributed by atoms with Crippen LogP contribution in [0.3, 0.4) is 0 Å². The van der Waals surface area contributed by atoms with Crippen molar-refractivity contribution in [3.8, 4) is 0 Å². The Bertz CT molecular complexity index is 797. The van der Waals surface area contributed by atoms with Crippen LogP contribution >= 0.6 is 24.8 Å². The van der Waals surface area contributed by atoms with Crippen LogP contribution < -0.4 is 0 Å². The molecule has 3 nitrogen and oxygen atoms in total. The molecule has 0 aromatic heterocycles. The van der Waals surface area contributed by atoms with Gasteiger partial charge in [-0.05, 0) is 110 Å². The highest BCUT2D eigenvalue weighted by molar-refractivity contribution is 8.10. The van der Waals surface area contributed by atoms with E-state index in [4.69, 9.17) is 26.4 Å². The molecule has 0 aromatic carbocycles. The molecule has 0 amide bonds. The van der Waals surface area contributed by atoms with Crippen LogP contribution in [0.25, 0.3) is 0 Å². The number of fused-ring (bicyclic) bond motifs is 5. The first-order chi connectivity index (χ1) is 17.6. The van der Waals surface area contributed by atoms with E-state index >= 15 is 0 Å². The third-order valence-electron chi connectivity index (χ3n) is 11.3. The van der Waals surface area contributed by atoms with E-state index in [-0.39, 0.29) is 4.38 Å². The molecule has 0 bridgehead atoms. The first-order valence-corrected chi connectivity index (χ1v) is 16.2. The SMILES string of the molecule is CC(C)CCC[C@@H](C)[C@H]1CC[C@H]2[C@@H]3CC=C4C[C@@H](OCCOCCOC(=S)S)CC[C@]4(C)[C@H]3CC[C@]12C. The zero-order chi connectivity index (χ0) is 26.6. The number of allylic oxidation sites excluding steroid dienone is 1. The smallest absolute Gasteiger partial charge is 0.216 e. The summed E-state index contributed by atoms with van der Waals surface area (Å²) < 4.78 is 17.3. The number of ether oxygens (including phenoxy) is 3. The second-order valence-electron chi connectivity index (χ2n) is 13.8. The van der Waals surface area contributed by atoms with Gasteiger partial charge in [0.15, 0.2) is 0 Å². The topological polar surface area (TPSA) is 27.7 Å². The van der Waals surface area contributed by atoms with Crippen LogP contribution in [0.5, 0.6) is 0 Å². The molecule has 212 valence electrons. The van der Waals surface area contributed by atoms with Crippen molar-refractivity contribution >= 4 is 29.2 Å². The monoisotopic (exact) mass is 550 g/mol. The molecular weight excluding hydrogens is 496 g/mol. The number of thiol groups is 1.